The minimum absolute atomic E-state index is 0.438. The van der Waals surface area contributed by atoms with Crippen LogP contribution in [0.1, 0.15) is 25.5 Å². The number of carbonyl (C=O) groups excluding carboxylic acids is 1. The van der Waals surface area contributed by atoms with Gasteiger partial charge in [0.15, 0.2) is 0 Å². The molecular weight excluding hydrogens is 194 g/mol. The highest BCUT2D eigenvalue weighted by Crippen LogP contribution is 2.33. The van der Waals surface area contributed by atoms with Crippen LogP contribution in [0.3, 0.4) is 0 Å². The third kappa shape index (κ3) is 2.33. The Morgan fingerprint density at radius 3 is 2.47 bits per heavy atom. The first-order valence-electron chi connectivity index (χ1n) is 4.66. The smallest absolute Gasteiger partial charge is 0.314 e. The average molecular weight is 209 g/mol. The van der Waals surface area contributed by atoms with E-state index in [0.717, 1.165) is 0 Å². The number of pyridine rings is 1. The van der Waals surface area contributed by atoms with Crippen molar-refractivity contribution in [3.05, 3.63) is 30.1 Å². The number of nitrogens with zero attached hydrogens (tertiary/aromatic N) is 1. The molecule has 0 aliphatic heterocycles. The molecule has 0 aliphatic carbocycles. The van der Waals surface area contributed by atoms with E-state index in [0.29, 0.717) is 5.56 Å². The first-order chi connectivity index (χ1) is 7.00. The predicted molar refractivity (Wildman–Crippen MR) is 55.0 cm³/mol. The molecule has 0 fully saturated rings. The molecule has 0 saturated heterocycles. The highest BCUT2D eigenvalue weighted by atomic mass is 16.5. The highest BCUT2D eigenvalue weighted by Gasteiger charge is 2.37. The molecule has 1 rings (SSSR count). The summed E-state index contributed by atoms with van der Waals surface area (Å²) in [5, 5.41) is 10.0. The van der Waals surface area contributed by atoms with Gasteiger partial charge in [-0.25, -0.2) is 0 Å². The molecule has 0 amide bonds. The molecule has 0 bridgehead atoms. The summed E-state index contributed by atoms with van der Waals surface area (Å²) < 4.78 is 4.64. The number of ether oxygens (including phenoxy) is 1. The van der Waals surface area contributed by atoms with Gasteiger partial charge in [-0.05, 0) is 31.5 Å². The summed E-state index contributed by atoms with van der Waals surface area (Å²) in [5.74, 6) is -0.438. The SMILES string of the molecule is COC(=O)C(C)(C)C(O)c1ccncc1. The Hall–Kier alpha value is -1.42. The van der Waals surface area contributed by atoms with E-state index in [-0.39, 0.29) is 0 Å². The van der Waals surface area contributed by atoms with Gasteiger partial charge in [0.25, 0.3) is 0 Å². The average Bonchev–Trinajstić information content (AvgIpc) is 2.28. The van der Waals surface area contributed by atoms with Crippen LogP contribution >= 0.6 is 0 Å². The van der Waals surface area contributed by atoms with Crippen molar-refractivity contribution >= 4 is 5.97 Å². The van der Waals surface area contributed by atoms with Gasteiger partial charge in [-0.15, -0.1) is 0 Å². The number of hydrogen-bond acceptors (Lipinski definition) is 4. The Balaban J connectivity index is 2.94. The lowest BCUT2D eigenvalue weighted by atomic mass is 9.83. The first kappa shape index (κ1) is 11.7. The van der Waals surface area contributed by atoms with Crippen LogP contribution < -0.4 is 0 Å². The summed E-state index contributed by atoms with van der Waals surface area (Å²) >= 11 is 0. The summed E-state index contributed by atoms with van der Waals surface area (Å²) in [4.78, 5) is 15.3. The number of esters is 1. The lowest BCUT2D eigenvalue weighted by molar-refractivity contribution is -0.157. The summed E-state index contributed by atoms with van der Waals surface area (Å²) in [6.07, 6.45) is 2.26. The second kappa shape index (κ2) is 4.40. The van der Waals surface area contributed by atoms with Crippen molar-refractivity contribution in [1.82, 2.24) is 4.98 Å². The van der Waals surface area contributed by atoms with Gasteiger partial charge in [0.05, 0.1) is 18.6 Å². The van der Waals surface area contributed by atoms with Crippen molar-refractivity contribution in [2.24, 2.45) is 5.41 Å². The lowest BCUT2D eigenvalue weighted by Gasteiger charge is -2.27. The van der Waals surface area contributed by atoms with Crippen LogP contribution in [0.5, 0.6) is 0 Å². The number of aliphatic hydroxyl groups excluding tert-OH is 1. The normalized spacial score (nSPS) is 13.3. The second-order valence-electron chi connectivity index (χ2n) is 3.90. The summed E-state index contributed by atoms with van der Waals surface area (Å²) in [7, 11) is 1.31. The van der Waals surface area contributed by atoms with Gasteiger partial charge < -0.3 is 9.84 Å². The fraction of sp³-hybridized carbons (Fsp3) is 0.455. The molecule has 0 aliphatic rings. The molecule has 1 aromatic rings. The van der Waals surface area contributed by atoms with E-state index in [1.165, 1.54) is 7.11 Å². The van der Waals surface area contributed by atoms with Gasteiger partial charge in [-0.3, -0.25) is 9.78 Å². The summed E-state index contributed by atoms with van der Waals surface area (Å²) in [6.45, 7) is 3.29. The maximum absolute atomic E-state index is 11.5. The van der Waals surface area contributed by atoms with Gasteiger partial charge in [-0.2, -0.15) is 0 Å². The van der Waals surface area contributed by atoms with Gasteiger partial charge in [0, 0.05) is 12.4 Å². The molecule has 1 heterocycles. The zero-order chi connectivity index (χ0) is 11.5. The molecule has 4 heteroatoms. The van der Waals surface area contributed by atoms with Crippen molar-refractivity contribution in [2.45, 2.75) is 20.0 Å². The Morgan fingerprint density at radius 2 is 2.00 bits per heavy atom. The number of hydrogen-bond donors (Lipinski definition) is 1. The van der Waals surface area contributed by atoms with Crippen LogP contribution in [-0.2, 0) is 9.53 Å². The monoisotopic (exact) mass is 209 g/mol. The molecule has 1 unspecified atom stereocenters. The van der Waals surface area contributed by atoms with Crippen LogP contribution in [-0.4, -0.2) is 23.2 Å². The second-order valence-corrected chi connectivity index (χ2v) is 3.90. The quantitative estimate of drug-likeness (QED) is 0.762. The van der Waals surface area contributed by atoms with Gasteiger partial charge in [-0.1, -0.05) is 0 Å². The van der Waals surface area contributed by atoms with Crippen molar-refractivity contribution in [3.63, 3.8) is 0 Å². The standard InChI is InChI=1S/C11H15NO3/c1-11(2,10(14)15-3)9(13)8-4-6-12-7-5-8/h4-7,9,13H,1-3H3. The van der Waals surface area contributed by atoms with Crippen molar-refractivity contribution in [3.8, 4) is 0 Å². The summed E-state index contributed by atoms with van der Waals surface area (Å²) in [5.41, 5.74) is -0.309. The third-order valence-corrected chi connectivity index (χ3v) is 2.42. The number of methoxy groups -OCH3 is 1. The van der Waals surface area contributed by atoms with Gasteiger partial charge in [0.1, 0.15) is 0 Å². The third-order valence-electron chi connectivity index (χ3n) is 2.42. The van der Waals surface area contributed by atoms with E-state index in [1.54, 1.807) is 38.4 Å². The fourth-order valence-corrected chi connectivity index (χ4v) is 1.34. The number of aliphatic hydroxyl groups is 1. The number of carbonyl (C=O) groups is 1. The van der Waals surface area contributed by atoms with E-state index in [4.69, 9.17) is 0 Å². The van der Waals surface area contributed by atoms with Crippen LogP contribution in [0.25, 0.3) is 0 Å². The molecule has 0 aromatic carbocycles. The van der Waals surface area contributed by atoms with Crippen molar-refractivity contribution in [1.29, 1.82) is 0 Å². The molecule has 82 valence electrons. The largest absolute Gasteiger partial charge is 0.469 e. The molecule has 1 aromatic heterocycles. The molecular formula is C11H15NO3. The molecule has 0 spiro atoms. The van der Waals surface area contributed by atoms with Crippen LogP contribution in [0.4, 0.5) is 0 Å². The maximum Gasteiger partial charge on any atom is 0.314 e. The Bertz CT molecular complexity index is 335. The van der Waals surface area contributed by atoms with E-state index >= 15 is 0 Å². The Labute approximate surface area is 88.9 Å². The molecule has 0 radical (unpaired) electrons. The first-order valence-corrected chi connectivity index (χ1v) is 4.66. The fourth-order valence-electron chi connectivity index (χ4n) is 1.34. The van der Waals surface area contributed by atoms with E-state index in [2.05, 4.69) is 9.72 Å². The zero-order valence-electron chi connectivity index (χ0n) is 9.10. The number of aromatic nitrogens is 1. The van der Waals surface area contributed by atoms with Crippen molar-refractivity contribution in [2.75, 3.05) is 7.11 Å². The van der Waals surface area contributed by atoms with Crippen LogP contribution in [0.15, 0.2) is 24.5 Å². The van der Waals surface area contributed by atoms with Gasteiger partial charge in [0.2, 0.25) is 0 Å². The highest BCUT2D eigenvalue weighted by molar-refractivity contribution is 5.76. The molecule has 15 heavy (non-hydrogen) atoms. The summed E-state index contributed by atoms with van der Waals surface area (Å²) in [6, 6.07) is 3.35. The maximum atomic E-state index is 11.5. The van der Waals surface area contributed by atoms with E-state index < -0.39 is 17.5 Å². The minimum atomic E-state index is -0.962. The molecule has 0 saturated carbocycles. The minimum Gasteiger partial charge on any atom is -0.469 e. The van der Waals surface area contributed by atoms with Crippen LogP contribution in [0, 0.1) is 5.41 Å². The Kier molecular flexibility index (Phi) is 3.42. The van der Waals surface area contributed by atoms with Gasteiger partial charge >= 0.3 is 5.97 Å². The zero-order valence-corrected chi connectivity index (χ0v) is 9.10. The molecule has 1 N–H and O–H groups in total. The number of rotatable bonds is 3. The van der Waals surface area contributed by atoms with Crippen molar-refractivity contribution < 1.29 is 14.6 Å². The molecule has 4 nitrogen and oxygen atoms in total. The Morgan fingerprint density at radius 1 is 1.47 bits per heavy atom. The van der Waals surface area contributed by atoms with E-state index in [1.807, 2.05) is 0 Å². The predicted octanol–water partition coefficient (Wildman–Crippen LogP) is 1.31. The molecule has 1 atom stereocenters. The topological polar surface area (TPSA) is 59.4 Å². The lowest BCUT2D eigenvalue weighted by Crippen LogP contribution is -2.32. The van der Waals surface area contributed by atoms with E-state index in [9.17, 15) is 9.90 Å². The van der Waals surface area contributed by atoms with Crippen LogP contribution in [0.2, 0.25) is 0 Å².